The van der Waals surface area contributed by atoms with Crippen molar-refractivity contribution < 1.29 is 28.4 Å². The van der Waals surface area contributed by atoms with Gasteiger partial charge in [0.15, 0.2) is 6.61 Å². The molecule has 0 fully saturated rings. The first-order valence-electron chi connectivity index (χ1n) is 10.3. The average molecular weight is 472 g/mol. The molecule has 9 nitrogen and oxygen atoms in total. The second-order valence-corrected chi connectivity index (χ2v) is 8.26. The fourth-order valence-corrected chi connectivity index (χ4v) is 4.50. The van der Waals surface area contributed by atoms with Crippen LogP contribution in [0.25, 0.3) is 0 Å². The van der Waals surface area contributed by atoms with Gasteiger partial charge in [0.1, 0.15) is 16.5 Å². The third kappa shape index (κ3) is 5.33. The molecule has 0 unspecified atom stereocenters. The summed E-state index contributed by atoms with van der Waals surface area (Å²) in [5.41, 5.74) is 3.48. The van der Waals surface area contributed by atoms with Gasteiger partial charge in [0.2, 0.25) is 5.78 Å². The van der Waals surface area contributed by atoms with Gasteiger partial charge in [0.25, 0.3) is 0 Å². The number of aryl methyl sites for hydroxylation is 3. The Hall–Kier alpha value is -3.40. The Balaban J connectivity index is 1.69. The SMILES string of the molecule is CCOC(=O)c1[nH]c(C)c(C(=O)COC(=O)c2cccnc2SCc2c(C)noc2C)c1C. The van der Waals surface area contributed by atoms with Crippen LogP contribution >= 0.6 is 11.8 Å². The normalized spacial score (nSPS) is 10.8. The van der Waals surface area contributed by atoms with E-state index in [1.807, 2.05) is 13.8 Å². The molecule has 3 rings (SSSR count). The van der Waals surface area contributed by atoms with Crippen LogP contribution in [0.3, 0.4) is 0 Å². The predicted molar refractivity (Wildman–Crippen MR) is 121 cm³/mol. The molecule has 3 aromatic heterocycles. The number of aromatic amines is 1. The van der Waals surface area contributed by atoms with Crippen molar-refractivity contribution in [3.63, 3.8) is 0 Å². The van der Waals surface area contributed by atoms with Gasteiger partial charge in [0.05, 0.1) is 17.9 Å². The van der Waals surface area contributed by atoms with Crippen molar-refractivity contribution in [1.82, 2.24) is 15.1 Å². The molecular formula is C23H25N3O6S. The molecule has 0 atom stereocenters. The quantitative estimate of drug-likeness (QED) is 0.278. The topological polar surface area (TPSA) is 124 Å². The van der Waals surface area contributed by atoms with Gasteiger partial charge in [-0.3, -0.25) is 4.79 Å². The maximum Gasteiger partial charge on any atom is 0.355 e. The van der Waals surface area contributed by atoms with E-state index in [2.05, 4.69) is 15.1 Å². The molecular weight excluding hydrogens is 446 g/mol. The van der Waals surface area contributed by atoms with Gasteiger partial charge < -0.3 is 19.0 Å². The Kier molecular flexibility index (Phi) is 7.70. The fourth-order valence-electron chi connectivity index (χ4n) is 3.37. The number of ketones is 1. The highest BCUT2D eigenvalue weighted by Crippen LogP contribution is 2.27. The molecule has 0 aliphatic heterocycles. The lowest BCUT2D eigenvalue weighted by molar-refractivity contribution is 0.0469. The molecule has 0 saturated heterocycles. The highest BCUT2D eigenvalue weighted by Gasteiger charge is 2.24. The number of esters is 2. The maximum absolute atomic E-state index is 12.8. The third-order valence-corrected chi connectivity index (χ3v) is 6.09. The standard InChI is InChI=1S/C23H25N3O6S/c1-6-30-23(29)20-12(2)19(14(4)25-20)18(27)10-31-22(28)16-8-7-9-24-21(16)33-11-17-13(3)26-32-15(17)5/h7-9,25H,6,10-11H2,1-5H3. The molecule has 1 N–H and O–H groups in total. The number of rotatable bonds is 9. The van der Waals surface area contributed by atoms with Crippen molar-refractivity contribution in [3.8, 4) is 0 Å². The third-order valence-electron chi connectivity index (χ3n) is 5.06. The Bertz CT molecular complexity index is 1180. The van der Waals surface area contributed by atoms with Crippen LogP contribution in [-0.2, 0) is 15.2 Å². The lowest BCUT2D eigenvalue weighted by Gasteiger charge is -2.09. The minimum Gasteiger partial charge on any atom is -0.461 e. The van der Waals surface area contributed by atoms with E-state index in [-0.39, 0.29) is 17.9 Å². The number of pyridine rings is 1. The lowest BCUT2D eigenvalue weighted by atomic mass is 10.1. The summed E-state index contributed by atoms with van der Waals surface area (Å²) in [7, 11) is 0. The highest BCUT2D eigenvalue weighted by molar-refractivity contribution is 7.98. The fraction of sp³-hybridized carbons (Fsp3) is 0.348. The Morgan fingerprint density at radius 2 is 1.88 bits per heavy atom. The average Bonchev–Trinajstić information content (AvgIpc) is 3.27. The summed E-state index contributed by atoms with van der Waals surface area (Å²) in [4.78, 5) is 44.7. The van der Waals surface area contributed by atoms with Crippen molar-refractivity contribution in [2.24, 2.45) is 0 Å². The summed E-state index contributed by atoms with van der Waals surface area (Å²) < 4.78 is 15.5. The van der Waals surface area contributed by atoms with Gasteiger partial charge in [-0.2, -0.15) is 0 Å². The summed E-state index contributed by atoms with van der Waals surface area (Å²) >= 11 is 1.35. The molecule has 0 spiro atoms. The minimum absolute atomic E-state index is 0.217. The van der Waals surface area contributed by atoms with Crippen LogP contribution in [0.4, 0.5) is 0 Å². The lowest BCUT2D eigenvalue weighted by Crippen LogP contribution is -2.16. The summed E-state index contributed by atoms with van der Waals surface area (Å²) in [6.45, 7) is 8.46. The number of thioether (sulfide) groups is 1. The van der Waals surface area contributed by atoms with Crippen LogP contribution in [0, 0.1) is 27.7 Å². The van der Waals surface area contributed by atoms with Crippen molar-refractivity contribution >= 4 is 29.5 Å². The number of carbonyl (C=O) groups excluding carboxylic acids is 3. The molecule has 3 heterocycles. The molecule has 33 heavy (non-hydrogen) atoms. The molecule has 0 bridgehead atoms. The van der Waals surface area contributed by atoms with Gasteiger partial charge in [-0.05, 0) is 52.3 Å². The Morgan fingerprint density at radius 1 is 1.12 bits per heavy atom. The summed E-state index contributed by atoms with van der Waals surface area (Å²) in [5.74, 6) is -0.377. The highest BCUT2D eigenvalue weighted by atomic mass is 32.2. The molecule has 0 aliphatic carbocycles. The van der Waals surface area contributed by atoms with Crippen LogP contribution in [-0.4, -0.2) is 46.1 Å². The largest absolute Gasteiger partial charge is 0.461 e. The second-order valence-electron chi connectivity index (χ2n) is 7.29. The Morgan fingerprint density at radius 3 is 2.55 bits per heavy atom. The van der Waals surface area contributed by atoms with Crippen LogP contribution in [0.2, 0.25) is 0 Å². The monoisotopic (exact) mass is 471 g/mol. The van der Waals surface area contributed by atoms with E-state index in [0.29, 0.717) is 33.4 Å². The zero-order chi connectivity index (χ0) is 24.1. The van der Waals surface area contributed by atoms with Gasteiger partial charge >= 0.3 is 11.9 Å². The molecule has 3 aromatic rings. The zero-order valence-electron chi connectivity index (χ0n) is 19.1. The maximum atomic E-state index is 12.8. The number of aromatic nitrogens is 3. The van der Waals surface area contributed by atoms with Gasteiger partial charge in [-0.15, -0.1) is 11.8 Å². The minimum atomic E-state index is -0.658. The first kappa shape index (κ1) is 24.2. The first-order chi connectivity index (χ1) is 15.7. The van der Waals surface area contributed by atoms with Gasteiger partial charge in [0, 0.05) is 28.8 Å². The van der Waals surface area contributed by atoms with Gasteiger partial charge in [-0.25, -0.2) is 14.6 Å². The van der Waals surface area contributed by atoms with Crippen molar-refractivity contribution in [1.29, 1.82) is 0 Å². The Labute approximate surface area is 195 Å². The molecule has 0 aromatic carbocycles. The summed E-state index contributed by atoms with van der Waals surface area (Å²) in [6.07, 6.45) is 1.58. The van der Waals surface area contributed by atoms with Crippen molar-refractivity contribution in [3.05, 3.63) is 63.4 Å². The molecule has 0 saturated carbocycles. The van der Waals surface area contributed by atoms with E-state index < -0.39 is 24.3 Å². The van der Waals surface area contributed by atoms with Crippen LogP contribution in [0.15, 0.2) is 27.9 Å². The number of hydrogen-bond donors (Lipinski definition) is 1. The van der Waals surface area contributed by atoms with E-state index in [9.17, 15) is 14.4 Å². The van der Waals surface area contributed by atoms with Crippen LogP contribution in [0.1, 0.15) is 66.4 Å². The molecule has 0 radical (unpaired) electrons. The summed E-state index contributed by atoms with van der Waals surface area (Å²) in [5, 5.41) is 4.41. The molecule has 0 amide bonds. The number of H-pyrrole nitrogens is 1. The van der Waals surface area contributed by atoms with Crippen molar-refractivity contribution in [2.75, 3.05) is 13.2 Å². The van der Waals surface area contributed by atoms with E-state index in [1.165, 1.54) is 11.8 Å². The number of ether oxygens (including phenoxy) is 2. The number of nitrogens with one attached hydrogen (secondary N) is 1. The molecule has 10 heteroatoms. The number of Topliss-reactive ketones (excluding diaryl/α,β-unsaturated/α-hetero) is 1. The smallest absolute Gasteiger partial charge is 0.355 e. The predicted octanol–water partition coefficient (Wildman–Crippen LogP) is 4.14. The second kappa shape index (κ2) is 10.5. The van der Waals surface area contributed by atoms with Crippen LogP contribution < -0.4 is 0 Å². The van der Waals surface area contributed by atoms with E-state index in [0.717, 1.165) is 11.3 Å². The molecule has 174 valence electrons. The van der Waals surface area contributed by atoms with Crippen molar-refractivity contribution in [2.45, 2.75) is 45.4 Å². The molecule has 0 aliphatic rings. The first-order valence-corrected chi connectivity index (χ1v) is 11.3. The van der Waals surface area contributed by atoms with E-state index in [1.54, 1.807) is 39.1 Å². The number of nitrogens with zero attached hydrogens (tertiary/aromatic N) is 2. The summed E-state index contributed by atoms with van der Waals surface area (Å²) in [6, 6.07) is 3.23. The van der Waals surface area contributed by atoms with E-state index in [4.69, 9.17) is 14.0 Å². The number of carbonyl (C=O) groups is 3. The zero-order valence-corrected chi connectivity index (χ0v) is 19.9. The number of hydrogen-bond acceptors (Lipinski definition) is 9. The van der Waals surface area contributed by atoms with Gasteiger partial charge in [-0.1, -0.05) is 5.16 Å². The van der Waals surface area contributed by atoms with E-state index >= 15 is 0 Å². The van der Waals surface area contributed by atoms with Crippen LogP contribution in [0.5, 0.6) is 0 Å².